The van der Waals surface area contributed by atoms with Crippen LogP contribution in [0.3, 0.4) is 0 Å². The maximum Gasteiger partial charge on any atom is 0.244 e. The fourth-order valence-corrected chi connectivity index (χ4v) is 5.68. The second-order valence-corrected chi connectivity index (χ2v) is 12.5. The highest BCUT2D eigenvalue weighted by Crippen LogP contribution is 2.25. The third-order valence-corrected chi connectivity index (χ3v) is 7.99. The summed E-state index contributed by atoms with van der Waals surface area (Å²) < 4.78 is 27.9. The van der Waals surface area contributed by atoms with Crippen molar-refractivity contribution in [2.24, 2.45) is 0 Å². The standard InChI is InChI=1S/C30H36BrN3O4S/c1-5-16-32-30(36)28(19-24-10-7-6-8-11-24)33(20-25-12-9-13-26(31)18-25)29(35)21-34(39(4,37)38)27-17-22(2)14-15-23(27)3/h6-15,17-18,28H,5,16,19-21H2,1-4H3,(H,32,36). The van der Waals surface area contributed by atoms with Crippen molar-refractivity contribution in [1.29, 1.82) is 0 Å². The van der Waals surface area contributed by atoms with Gasteiger partial charge in [-0.15, -0.1) is 0 Å². The number of amides is 2. The second-order valence-electron chi connectivity index (χ2n) is 9.71. The number of carbonyl (C=O) groups excluding carboxylic acids is 2. The van der Waals surface area contributed by atoms with Crippen LogP contribution >= 0.6 is 15.9 Å². The summed E-state index contributed by atoms with van der Waals surface area (Å²) in [4.78, 5) is 29.1. The Hall–Kier alpha value is -3.17. The van der Waals surface area contributed by atoms with Crippen molar-refractivity contribution in [3.8, 4) is 0 Å². The molecule has 0 fully saturated rings. The molecule has 0 spiro atoms. The lowest BCUT2D eigenvalue weighted by Gasteiger charge is -2.34. The van der Waals surface area contributed by atoms with E-state index < -0.39 is 28.5 Å². The molecule has 0 aromatic heterocycles. The first-order chi connectivity index (χ1) is 18.5. The zero-order valence-corrected chi connectivity index (χ0v) is 25.3. The van der Waals surface area contributed by atoms with Crippen molar-refractivity contribution >= 4 is 43.5 Å². The third kappa shape index (κ3) is 8.66. The average molecular weight is 615 g/mol. The summed E-state index contributed by atoms with van der Waals surface area (Å²) in [7, 11) is -3.81. The van der Waals surface area contributed by atoms with Gasteiger partial charge in [0, 0.05) is 24.0 Å². The predicted molar refractivity (Wildman–Crippen MR) is 160 cm³/mol. The van der Waals surface area contributed by atoms with Gasteiger partial charge in [-0.25, -0.2) is 8.42 Å². The average Bonchev–Trinajstić information content (AvgIpc) is 2.89. The first kappa shape index (κ1) is 30.4. The number of hydrogen-bond donors (Lipinski definition) is 1. The Morgan fingerprint density at radius 3 is 2.28 bits per heavy atom. The maximum absolute atomic E-state index is 14.1. The Kier molecular flexibility index (Phi) is 10.7. The van der Waals surface area contributed by atoms with Crippen molar-refractivity contribution in [1.82, 2.24) is 10.2 Å². The number of aryl methyl sites for hydroxylation is 2. The van der Waals surface area contributed by atoms with Crippen LogP contribution in [0.2, 0.25) is 0 Å². The summed E-state index contributed by atoms with van der Waals surface area (Å²) in [6, 6.07) is 21.7. The fourth-order valence-electron chi connectivity index (χ4n) is 4.33. The summed E-state index contributed by atoms with van der Waals surface area (Å²) in [5, 5.41) is 2.94. The number of benzene rings is 3. The highest BCUT2D eigenvalue weighted by molar-refractivity contribution is 9.10. The van der Waals surface area contributed by atoms with Crippen LogP contribution in [0.1, 0.15) is 35.6 Å². The number of nitrogens with one attached hydrogen (secondary N) is 1. The lowest BCUT2D eigenvalue weighted by molar-refractivity contribution is -0.140. The summed E-state index contributed by atoms with van der Waals surface area (Å²) in [5.74, 6) is -0.740. The molecule has 0 aliphatic rings. The van der Waals surface area contributed by atoms with Crippen LogP contribution in [-0.2, 0) is 32.6 Å². The van der Waals surface area contributed by atoms with Gasteiger partial charge in [0.15, 0.2) is 0 Å². The van der Waals surface area contributed by atoms with Crippen molar-refractivity contribution in [2.75, 3.05) is 23.7 Å². The van der Waals surface area contributed by atoms with Crippen molar-refractivity contribution in [2.45, 2.75) is 46.2 Å². The predicted octanol–water partition coefficient (Wildman–Crippen LogP) is 5.00. The molecule has 3 rings (SSSR count). The summed E-state index contributed by atoms with van der Waals surface area (Å²) in [6.45, 7) is 5.83. The van der Waals surface area contributed by atoms with E-state index in [1.807, 2.05) is 87.5 Å². The molecule has 3 aromatic rings. The van der Waals surface area contributed by atoms with Crippen LogP contribution in [-0.4, -0.2) is 50.5 Å². The van der Waals surface area contributed by atoms with Gasteiger partial charge in [0.05, 0.1) is 11.9 Å². The highest BCUT2D eigenvalue weighted by Gasteiger charge is 2.33. The molecule has 1 unspecified atom stereocenters. The van der Waals surface area contributed by atoms with E-state index in [0.717, 1.165) is 43.7 Å². The van der Waals surface area contributed by atoms with E-state index in [-0.39, 0.29) is 12.5 Å². The summed E-state index contributed by atoms with van der Waals surface area (Å²) in [6.07, 6.45) is 2.13. The Labute approximate surface area is 240 Å². The van der Waals surface area contributed by atoms with Gasteiger partial charge in [-0.1, -0.05) is 77.5 Å². The third-order valence-electron chi connectivity index (χ3n) is 6.37. The number of nitrogens with zero attached hydrogens (tertiary/aromatic N) is 2. The minimum atomic E-state index is -3.81. The van der Waals surface area contributed by atoms with Gasteiger partial charge in [-0.3, -0.25) is 13.9 Å². The smallest absolute Gasteiger partial charge is 0.244 e. The van der Waals surface area contributed by atoms with Crippen molar-refractivity contribution in [3.63, 3.8) is 0 Å². The Morgan fingerprint density at radius 2 is 1.64 bits per heavy atom. The fraction of sp³-hybridized carbons (Fsp3) is 0.333. The zero-order valence-electron chi connectivity index (χ0n) is 22.9. The molecule has 39 heavy (non-hydrogen) atoms. The van der Waals surface area contributed by atoms with Crippen LogP contribution in [0.4, 0.5) is 5.69 Å². The van der Waals surface area contributed by atoms with Gasteiger partial charge >= 0.3 is 0 Å². The molecule has 0 saturated heterocycles. The van der Waals surface area contributed by atoms with E-state index in [4.69, 9.17) is 0 Å². The highest BCUT2D eigenvalue weighted by atomic mass is 79.9. The van der Waals surface area contributed by atoms with Gasteiger partial charge in [0.25, 0.3) is 0 Å². The molecule has 0 aliphatic carbocycles. The Balaban J connectivity index is 2.07. The quantitative estimate of drug-likeness (QED) is 0.311. The van der Waals surface area contributed by atoms with Gasteiger partial charge in [0.1, 0.15) is 12.6 Å². The van der Waals surface area contributed by atoms with Gasteiger partial charge in [0.2, 0.25) is 21.8 Å². The maximum atomic E-state index is 14.1. The van der Waals surface area contributed by atoms with Gasteiger partial charge in [-0.2, -0.15) is 0 Å². The normalized spacial score (nSPS) is 12.0. The molecule has 208 valence electrons. The first-order valence-corrected chi connectivity index (χ1v) is 15.5. The molecule has 1 atom stereocenters. The number of halogens is 1. The number of rotatable bonds is 12. The van der Waals surface area contributed by atoms with Gasteiger partial charge < -0.3 is 10.2 Å². The van der Waals surface area contributed by atoms with Crippen molar-refractivity contribution < 1.29 is 18.0 Å². The van der Waals surface area contributed by atoms with Crippen LogP contribution in [0, 0.1) is 13.8 Å². The molecule has 0 heterocycles. The van der Waals surface area contributed by atoms with E-state index in [0.29, 0.717) is 18.7 Å². The molecule has 1 N–H and O–H groups in total. The molecule has 0 aliphatic heterocycles. The lowest BCUT2D eigenvalue weighted by Crippen LogP contribution is -2.53. The molecule has 0 bridgehead atoms. The summed E-state index contributed by atoms with van der Waals surface area (Å²) >= 11 is 3.48. The molecule has 0 saturated carbocycles. The van der Waals surface area contributed by atoms with E-state index in [9.17, 15) is 18.0 Å². The molecular formula is C30H36BrN3O4S. The molecule has 9 heteroatoms. The monoisotopic (exact) mass is 613 g/mol. The van der Waals surface area contributed by atoms with Gasteiger partial charge in [-0.05, 0) is 60.7 Å². The molecule has 7 nitrogen and oxygen atoms in total. The molecule has 0 radical (unpaired) electrons. The van der Waals surface area contributed by atoms with Crippen LogP contribution in [0.15, 0.2) is 77.3 Å². The van der Waals surface area contributed by atoms with Crippen LogP contribution < -0.4 is 9.62 Å². The second kappa shape index (κ2) is 13.8. The minimum absolute atomic E-state index is 0.139. The zero-order chi connectivity index (χ0) is 28.6. The molecule has 2 amide bonds. The van der Waals surface area contributed by atoms with Crippen LogP contribution in [0.25, 0.3) is 0 Å². The largest absolute Gasteiger partial charge is 0.354 e. The topological polar surface area (TPSA) is 86.8 Å². The Morgan fingerprint density at radius 1 is 0.949 bits per heavy atom. The number of hydrogen-bond acceptors (Lipinski definition) is 4. The first-order valence-electron chi connectivity index (χ1n) is 12.9. The van der Waals surface area contributed by atoms with E-state index in [1.165, 1.54) is 4.90 Å². The van der Waals surface area contributed by atoms with Crippen molar-refractivity contribution in [3.05, 3.63) is 99.5 Å². The van der Waals surface area contributed by atoms with E-state index in [2.05, 4.69) is 21.2 Å². The Bertz CT molecular complexity index is 1400. The minimum Gasteiger partial charge on any atom is -0.354 e. The SMILES string of the molecule is CCCNC(=O)C(Cc1ccccc1)N(Cc1cccc(Br)c1)C(=O)CN(c1cc(C)ccc1C)S(C)(=O)=O. The number of anilines is 1. The molecule has 3 aromatic carbocycles. The summed E-state index contributed by atoms with van der Waals surface area (Å²) in [5.41, 5.74) is 3.78. The van der Waals surface area contributed by atoms with Crippen LogP contribution in [0.5, 0.6) is 0 Å². The molecular weight excluding hydrogens is 578 g/mol. The number of sulfonamides is 1. The van der Waals surface area contributed by atoms with E-state index >= 15 is 0 Å². The number of carbonyl (C=O) groups is 2. The lowest BCUT2D eigenvalue weighted by atomic mass is 10.0. The van der Waals surface area contributed by atoms with E-state index in [1.54, 1.807) is 6.07 Å².